The molecule has 1 spiro atoms. The lowest BCUT2D eigenvalue weighted by Gasteiger charge is -2.42. The average molecular weight is 352 g/mol. The number of nitrogens with one attached hydrogen (secondary N) is 1. The first kappa shape index (κ1) is 16.8. The summed E-state index contributed by atoms with van der Waals surface area (Å²) < 4.78 is 5.74. The maximum absolute atomic E-state index is 12.3. The Labute approximate surface area is 153 Å². The van der Waals surface area contributed by atoms with Gasteiger partial charge < -0.3 is 15.0 Å². The Bertz CT molecular complexity index is 740. The molecule has 2 fully saturated rings. The van der Waals surface area contributed by atoms with Crippen molar-refractivity contribution in [1.82, 2.24) is 15.3 Å². The number of carbonyl (C=O) groups excluding carboxylic acids is 1. The highest BCUT2D eigenvalue weighted by atomic mass is 16.5. The summed E-state index contributed by atoms with van der Waals surface area (Å²) in [5.41, 5.74) is 0.941. The van der Waals surface area contributed by atoms with Gasteiger partial charge in [0.2, 0.25) is 11.9 Å². The minimum absolute atomic E-state index is 0.173. The normalized spacial score (nSPS) is 19.2. The molecule has 2 aliphatic heterocycles. The molecule has 0 aliphatic carbocycles. The van der Waals surface area contributed by atoms with E-state index in [9.17, 15) is 4.79 Å². The van der Waals surface area contributed by atoms with Crippen LogP contribution in [0.25, 0.3) is 0 Å². The van der Waals surface area contributed by atoms with Gasteiger partial charge in [-0.05, 0) is 31.2 Å². The second-order valence-electron chi connectivity index (χ2n) is 7.12. The second kappa shape index (κ2) is 7.32. The first-order valence-electron chi connectivity index (χ1n) is 9.27. The van der Waals surface area contributed by atoms with Crippen LogP contribution in [-0.2, 0) is 11.4 Å². The van der Waals surface area contributed by atoms with E-state index in [1.54, 1.807) is 12.4 Å². The summed E-state index contributed by atoms with van der Waals surface area (Å²) in [6.07, 6.45) is 7.27. The van der Waals surface area contributed by atoms with E-state index in [4.69, 9.17) is 4.74 Å². The number of amides is 1. The van der Waals surface area contributed by atoms with Crippen LogP contribution in [0.15, 0.2) is 42.7 Å². The first-order valence-corrected chi connectivity index (χ1v) is 9.27. The van der Waals surface area contributed by atoms with Gasteiger partial charge in [-0.2, -0.15) is 0 Å². The van der Waals surface area contributed by atoms with Crippen LogP contribution in [0, 0.1) is 5.41 Å². The number of nitrogens with zero attached hydrogens (tertiary/aromatic N) is 3. The molecular formula is C20H24N4O2. The summed E-state index contributed by atoms with van der Waals surface area (Å²) >= 11 is 0. The van der Waals surface area contributed by atoms with Gasteiger partial charge in [-0.3, -0.25) is 4.79 Å². The van der Waals surface area contributed by atoms with E-state index in [0.29, 0.717) is 18.3 Å². The highest BCUT2D eigenvalue weighted by Crippen LogP contribution is 2.38. The van der Waals surface area contributed by atoms with Crippen LogP contribution in [0.4, 0.5) is 5.95 Å². The van der Waals surface area contributed by atoms with Crippen LogP contribution >= 0.6 is 0 Å². The highest BCUT2D eigenvalue weighted by molar-refractivity contribution is 5.83. The summed E-state index contributed by atoms with van der Waals surface area (Å²) in [5.74, 6) is 1.61. The zero-order chi connectivity index (χ0) is 17.8. The van der Waals surface area contributed by atoms with Crippen LogP contribution in [0.2, 0.25) is 0 Å². The Balaban J connectivity index is 1.33. The van der Waals surface area contributed by atoms with Gasteiger partial charge in [-0.25, -0.2) is 9.97 Å². The zero-order valence-corrected chi connectivity index (χ0v) is 14.9. The van der Waals surface area contributed by atoms with E-state index in [1.807, 2.05) is 30.3 Å². The Morgan fingerprint density at radius 2 is 1.81 bits per heavy atom. The molecule has 1 aromatic heterocycles. The number of anilines is 1. The molecule has 3 heterocycles. The highest BCUT2D eigenvalue weighted by Gasteiger charge is 2.42. The number of piperidine rings is 2. The molecular weight excluding hydrogens is 328 g/mol. The van der Waals surface area contributed by atoms with Gasteiger partial charge >= 0.3 is 0 Å². The van der Waals surface area contributed by atoms with Crippen molar-refractivity contribution in [3.8, 4) is 5.75 Å². The van der Waals surface area contributed by atoms with Gasteiger partial charge in [0.25, 0.3) is 0 Å². The largest absolute Gasteiger partial charge is 0.486 e. The molecule has 4 rings (SSSR count). The number of benzene rings is 1. The monoisotopic (exact) mass is 352 g/mol. The van der Waals surface area contributed by atoms with Crippen molar-refractivity contribution in [2.24, 2.45) is 5.41 Å². The van der Waals surface area contributed by atoms with Gasteiger partial charge in [-0.15, -0.1) is 0 Å². The molecule has 0 bridgehead atoms. The Morgan fingerprint density at radius 3 is 2.50 bits per heavy atom. The number of hydrogen-bond donors (Lipinski definition) is 1. The fourth-order valence-electron chi connectivity index (χ4n) is 3.83. The van der Waals surface area contributed by atoms with Crippen molar-refractivity contribution < 1.29 is 9.53 Å². The van der Waals surface area contributed by atoms with Gasteiger partial charge in [0.1, 0.15) is 6.61 Å². The summed E-state index contributed by atoms with van der Waals surface area (Å²) in [5, 5.41) is 3.03. The standard InChI is InChI=1S/C20H24N4O2/c25-18-20(7-4-10-21-18)8-11-24(12-9-20)19-22-13-17(14-23-19)26-15-16-5-2-1-3-6-16/h1-3,5-6,13-14H,4,7-12,15H2,(H,21,25). The van der Waals surface area contributed by atoms with E-state index in [1.165, 1.54) is 0 Å². The molecule has 2 saturated heterocycles. The number of rotatable bonds is 4. The first-order chi connectivity index (χ1) is 12.8. The zero-order valence-electron chi connectivity index (χ0n) is 14.9. The van der Waals surface area contributed by atoms with Crippen molar-refractivity contribution in [3.05, 3.63) is 48.3 Å². The molecule has 6 nitrogen and oxygen atoms in total. The molecule has 2 aliphatic rings. The molecule has 26 heavy (non-hydrogen) atoms. The Morgan fingerprint density at radius 1 is 1.08 bits per heavy atom. The van der Waals surface area contributed by atoms with Gasteiger partial charge in [-0.1, -0.05) is 30.3 Å². The third-order valence-electron chi connectivity index (χ3n) is 5.47. The predicted molar refractivity (Wildman–Crippen MR) is 98.9 cm³/mol. The van der Waals surface area contributed by atoms with Crippen molar-refractivity contribution in [2.75, 3.05) is 24.5 Å². The molecule has 0 radical (unpaired) electrons. The smallest absolute Gasteiger partial charge is 0.226 e. The minimum Gasteiger partial charge on any atom is -0.486 e. The van der Waals surface area contributed by atoms with Crippen molar-refractivity contribution in [1.29, 1.82) is 0 Å². The number of carbonyl (C=O) groups is 1. The van der Waals surface area contributed by atoms with Gasteiger partial charge in [0.05, 0.1) is 17.8 Å². The fraction of sp³-hybridized carbons (Fsp3) is 0.450. The number of aromatic nitrogens is 2. The van der Waals surface area contributed by atoms with E-state index in [0.717, 1.165) is 50.9 Å². The summed E-state index contributed by atoms with van der Waals surface area (Å²) in [6, 6.07) is 10.0. The minimum atomic E-state index is -0.173. The van der Waals surface area contributed by atoms with Crippen LogP contribution in [0.1, 0.15) is 31.2 Å². The Hall–Kier alpha value is -2.63. The van der Waals surface area contributed by atoms with Crippen LogP contribution in [-0.4, -0.2) is 35.5 Å². The number of hydrogen-bond acceptors (Lipinski definition) is 5. The van der Waals surface area contributed by atoms with Crippen LogP contribution < -0.4 is 15.0 Å². The van der Waals surface area contributed by atoms with E-state index in [-0.39, 0.29) is 11.3 Å². The molecule has 2 aromatic rings. The molecule has 1 amide bonds. The molecule has 136 valence electrons. The lowest BCUT2D eigenvalue weighted by atomic mass is 9.72. The van der Waals surface area contributed by atoms with Crippen molar-refractivity contribution in [3.63, 3.8) is 0 Å². The van der Waals surface area contributed by atoms with E-state index in [2.05, 4.69) is 20.2 Å². The fourth-order valence-corrected chi connectivity index (χ4v) is 3.83. The third kappa shape index (κ3) is 3.49. The molecule has 0 unspecified atom stereocenters. The topological polar surface area (TPSA) is 67.4 Å². The van der Waals surface area contributed by atoms with Crippen LogP contribution in [0.3, 0.4) is 0 Å². The van der Waals surface area contributed by atoms with Crippen molar-refractivity contribution in [2.45, 2.75) is 32.3 Å². The lowest BCUT2D eigenvalue weighted by molar-refractivity contribution is -0.134. The average Bonchev–Trinajstić information content (AvgIpc) is 2.71. The quantitative estimate of drug-likeness (QED) is 0.916. The summed E-state index contributed by atoms with van der Waals surface area (Å²) in [6.45, 7) is 2.96. The molecule has 1 N–H and O–H groups in total. The van der Waals surface area contributed by atoms with Gasteiger partial charge in [0.15, 0.2) is 5.75 Å². The lowest BCUT2D eigenvalue weighted by Crippen LogP contribution is -2.52. The molecule has 1 aromatic carbocycles. The van der Waals surface area contributed by atoms with E-state index >= 15 is 0 Å². The maximum atomic E-state index is 12.3. The van der Waals surface area contributed by atoms with E-state index < -0.39 is 0 Å². The predicted octanol–water partition coefficient (Wildman–Crippen LogP) is 2.55. The summed E-state index contributed by atoms with van der Waals surface area (Å²) in [7, 11) is 0. The molecule has 6 heteroatoms. The Kier molecular flexibility index (Phi) is 4.73. The SMILES string of the molecule is O=C1NCCCC12CCN(c1ncc(OCc3ccccc3)cn1)CC2. The molecule has 0 atom stereocenters. The van der Waals surface area contributed by atoms with Crippen LogP contribution in [0.5, 0.6) is 5.75 Å². The summed E-state index contributed by atoms with van der Waals surface area (Å²) in [4.78, 5) is 23.3. The second-order valence-corrected chi connectivity index (χ2v) is 7.12. The molecule has 0 saturated carbocycles. The van der Waals surface area contributed by atoms with Gasteiger partial charge in [0, 0.05) is 19.6 Å². The van der Waals surface area contributed by atoms with Crippen molar-refractivity contribution >= 4 is 11.9 Å². The maximum Gasteiger partial charge on any atom is 0.226 e. The third-order valence-corrected chi connectivity index (χ3v) is 5.47. The number of ether oxygens (including phenoxy) is 1.